The lowest BCUT2D eigenvalue weighted by molar-refractivity contribution is 0.616. The molecule has 2 aromatic carbocycles. The van der Waals surface area contributed by atoms with Crippen LogP contribution in [0, 0.1) is 12.7 Å². The lowest BCUT2D eigenvalue weighted by Gasteiger charge is -2.08. The van der Waals surface area contributed by atoms with Gasteiger partial charge in [-0.3, -0.25) is 9.36 Å². The van der Waals surface area contributed by atoms with Crippen LogP contribution in [0.5, 0.6) is 0 Å². The van der Waals surface area contributed by atoms with E-state index in [1.165, 1.54) is 22.9 Å². The second-order valence-electron chi connectivity index (χ2n) is 6.58. The average molecular weight is 450 g/mol. The number of fused-ring (bicyclic) bond motifs is 3. The van der Waals surface area contributed by atoms with Gasteiger partial charge in [-0.2, -0.15) is 5.10 Å². The Bertz CT molecular complexity index is 1460. The topological polar surface area (TPSA) is 65.1 Å². The predicted octanol–water partition coefficient (Wildman–Crippen LogP) is 4.31. The summed E-state index contributed by atoms with van der Waals surface area (Å²) in [6.45, 7) is 1.89. The first-order valence-electron chi connectivity index (χ1n) is 8.83. The smallest absolute Gasteiger partial charge is 0.279 e. The standard InChI is InChI=1S/C21H13BrFN5O/c1-12-18(13-6-8-14(22)9-7-13)20-25-24-19-17(28(20)26-12)10-11-27(21(19)29)16-5-3-2-4-15(16)23/h2-11H,1H3. The maximum Gasteiger partial charge on any atom is 0.285 e. The number of halogens is 2. The van der Waals surface area contributed by atoms with Gasteiger partial charge in [0.2, 0.25) is 0 Å². The molecule has 142 valence electrons. The minimum atomic E-state index is -0.490. The molecule has 3 aromatic heterocycles. The van der Waals surface area contributed by atoms with Crippen molar-refractivity contribution in [3.05, 3.63) is 87.1 Å². The van der Waals surface area contributed by atoms with Crippen LogP contribution in [-0.2, 0) is 0 Å². The highest BCUT2D eigenvalue weighted by atomic mass is 79.9. The first-order chi connectivity index (χ1) is 14.0. The zero-order valence-corrected chi connectivity index (χ0v) is 16.8. The van der Waals surface area contributed by atoms with E-state index in [-0.39, 0.29) is 11.2 Å². The lowest BCUT2D eigenvalue weighted by Crippen LogP contribution is -2.21. The number of para-hydroxylation sites is 1. The van der Waals surface area contributed by atoms with E-state index in [0.29, 0.717) is 11.2 Å². The molecule has 0 atom stereocenters. The van der Waals surface area contributed by atoms with Crippen LogP contribution in [-0.4, -0.2) is 24.4 Å². The number of nitrogens with zero attached hydrogens (tertiary/aromatic N) is 5. The van der Waals surface area contributed by atoms with Gasteiger partial charge in [-0.15, -0.1) is 10.2 Å². The molecule has 0 aliphatic heterocycles. The Labute approximate surface area is 172 Å². The summed E-state index contributed by atoms with van der Waals surface area (Å²) in [7, 11) is 0. The van der Waals surface area contributed by atoms with E-state index in [1.54, 1.807) is 22.7 Å². The van der Waals surface area contributed by atoms with Crippen molar-refractivity contribution in [1.29, 1.82) is 0 Å². The van der Waals surface area contributed by atoms with Crippen LogP contribution in [0.1, 0.15) is 5.69 Å². The molecule has 5 aromatic rings. The third-order valence-electron chi connectivity index (χ3n) is 4.80. The van der Waals surface area contributed by atoms with Crippen LogP contribution in [0.4, 0.5) is 4.39 Å². The summed E-state index contributed by atoms with van der Waals surface area (Å²) in [5.41, 5.74) is 3.47. The van der Waals surface area contributed by atoms with Gasteiger partial charge < -0.3 is 0 Å². The molecule has 0 saturated heterocycles. The van der Waals surface area contributed by atoms with Crippen LogP contribution in [0.25, 0.3) is 33.5 Å². The van der Waals surface area contributed by atoms with E-state index < -0.39 is 11.4 Å². The van der Waals surface area contributed by atoms with Crippen LogP contribution >= 0.6 is 15.9 Å². The molecule has 0 radical (unpaired) electrons. The van der Waals surface area contributed by atoms with Crippen LogP contribution in [0.2, 0.25) is 0 Å². The quantitative estimate of drug-likeness (QED) is 0.402. The Kier molecular flexibility index (Phi) is 4.02. The fourth-order valence-corrected chi connectivity index (χ4v) is 3.71. The van der Waals surface area contributed by atoms with Gasteiger partial charge in [0, 0.05) is 10.7 Å². The van der Waals surface area contributed by atoms with Gasteiger partial charge >= 0.3 is 0 Å². The molecule has 0 spiro atoms. The molecule has 0 aliphatic rings. The molecule has 6 nitrogen and oxygen atoms in total. The Hall–Kier alpha value is -3.39. The van der Waals surface area contributed by atoms with Crippen LogP contribution in [0.15, 0.2) is 70.1 Å². The predicted molar refractivity (Wildman–Crippen MR) is 112 cm³/mol. The Morgan fingerprint density at radius 2 is 1.76 bits per heavy atom. The van der Waals surface area contributed by atoms with Gasteiger partial charge in [-0.05, 0) is 42.8 Å². The summed E-state index contributed by atoms with van der Waals surface area (Å²) in [6.07, 6.45) is 1.53. The van der Waals surface area contributed by atoms with Crippen LogP contribution in [0.3, 0.4) is 0 Å². The molecule has 0 fully saturated rings. The molecule has 0 saturated carbocycles. The van der Waals surface area contributed by atoms with Crippen molar-refractivity contribution in [3.63, 3.8) is 0 Å². The van der Waals surface area contributed by atoms with Crippen molar-refractivity contribution < 1.29 is 4.39 Å². The van der Waals surface area contributed by atoms with E-state index in [2.05, 4.69) is 31.2 Å². The number of aryl methyl sites for hydroxylation is 1. The molecular weight excluding hydrogens is 437 g/mol. The molecule has 0 unspecified atom stereocenters. The molecule has 8 heteroatoms. The second-order valence-corrected chi connectivity index (χ2v) is 7.49. The molecule has 0 N–H and O–H groups in total. The minimum Gasteiger partial charge on any atom is -0.279 e. The monoisotopic (exact) mass is 449 g/mol. The summed E-state index contributed by atoms with van der Waals surface area (Å²) < 4.78 is 18.0. The first-order valence-corrected chi connectivity index (χ1v) is 9.62. The summed E-state index contributed by atoms with van der Waals surface area (Å²) in [4.78, 5) is 13.0. The maximum absolute atomic E-state index is 14.2. The third-order valence-corrected chi connectivity index (χ3v) is 5.33. The summed E-state index contributed by atoms with van der Waals surface area (Å²) in [5, 5.41) is 13.0. The molecule has 0 aliphatic carbocycles. The molecule has 0 amide bonds. The van der Waals surface area contributed by atoms with Crippen LogP contribution < -0.4 is 5.56 Å². The van der Waals surface area contributed by atoms with E-state index >= 15 is 0 Å². The van der Waals surface area contributed by atoms with Gasteiger partial charge in [0.25, 0.3) is 5.56 Å². The normalized spacial score (nSPS) is 11.4. The number of pyridine rings is 1. The Balaban J connectivity index is 1.78. The largest absolute Gasteiger partial charge is 0.285 e. The summed E-state index contributed by atoms with van der Waals surface area (Å²) >= 11 is 3.44. The summed E-state index contributed by atoms with van der Waals surface area (Å²) in [6, 6.07) is 15.6. The lowest BCUT2D eigenvalue weighted by atomic mass is 10.1. The Morgan fingerprint density at radius 1 is 1.00 bits per heavy atom. The number of rotatable bonds is 2. The van der Waals surface area contributed by atoms with E-state index in [1.807, 2.05) is 31.2 Å². The van der Waals surface area contributed by atoms with Crippen molar-refractivity contribution in [2.75, 3.05) is 0 Å². The Morgan fingerprint density at radius 3 is 2.52 bits per heavy atom. The van der Waals surface area contributed by atoms with Crippen molar-refractivity contribution in [3.8, 4) is 16.8 Å². The highest BCUT2D eigenvalue weighted by molar-refractivity contribution is 9.10. The molecule has 5 rings (SSSR count). The highest BCUT2D eigenvalue weighted by Gasteiger charge is 2.18. The van der Waals surface area contributed by atoms with Gasteiger partial charge in [0.15, 0.2) is 11.2 Å². The SMILES string of the molecule is Cc1nn2c(nnc3c(=O)n(-c4ccccc4F)ccc32)c1-c1ccc(Br)cc1. The van der Waals surface area contributed by atoms with Gasteiger partial charge in [-0.25, -0.2) is 8.91 Å². The number of benzene rings is 2. The average Bonchev–Trinajstić information content (AvgIpc) is 3.06. The van der Waals surface area contributed by atoms with Gasteiger partial charge in [-0.1, -0.05) is 40.2 Å². The van der Waals surface area contributed by atoms with Crippen molar-refractivity contribution in [2.45, 2.75) is 6.92 Å². The third kappa shape index (κ3) is 2.75. The van der Waals surface area contributed by atoms with E-state index in [4.69, 9.17) is 0 Å². The van der Waals surface area contributed by atoms with Gasteiger partial charge in [0.1, 0.15) is 11.3 Å². The van der Waals surface area contributed by atoms with Gasteiger partial charge in [0.05, 0.1) is 16.9 Å². The van der Waals surface area contributed by atoms with Crippen molar-refractivity contribution in [1.82, 2.24) is 24.4 Å². The van der Waals surface area contributed by atoms with E-state index in [0.717, 1.165) is 21.3 Å². The number of aromatic nitrogens is 5. The first kappa shape index (κ1) is 17.7. The molecule has 3 heterocycles. The number of hydrogen-bond acceptors (Lipinski definition) is 4. The minimum absolute atomic E-state index is 0.119. The second kappa shape index (κ2) is 6.59. The molecule has 0 bridgehead atoms. The summed E-state index contributed by atoms with van der Waals surface area (Å²) in [5.74, 6) is -0.490. The fraction of sp³-hybridized carbons (Fsp3) is 0.0476. The van der Waals surface area contributed by atoms with E-state index in [9.17, 15) is 9.18 Å². The zero-order valence-electron chi connectivity index (χ0n) is 15.2. The van der Waals surface area contributed by atoms with Crippen molar-refractivity contribution >= 4 is 32.6 Å². The highest BCUT2D eigenvalue weighted by Crippen LogP contribution is 2.29. The number of hydrogen-bond donors (Lipinski definition) is 0. The zero-order chi connectivity index (χ0) is 20.1. The molecular formula is C21H13BrFN5O. The molecule has 29 heavy (non-hydrogen) atoms. The van der Waals surface area contributed by atoms with Crippen molar-refractivity contribution in [2.24, 2.45) is 0 Å². The fourth-order valence-electron chi connectivity index (χ4n) is 3.44. The maximum atomic E-state index is 14.2.